The molecule has 0 saturated heterocycles. The summed E-state index contributed by atoms with van der Waals surface area (Å²) in [5, 5.41) is 8.40. The minimum absolute atomic E-state index is 0.643. The Hall–Kier alpha value is 0. The molecule has 3 nitrogen and oxygen atoms in total. The Kier molecular flexibility index (Phi) is 5.76. The number of rotatable bonds is 4. The summed E-state index contributed by atoms with van der Waals surface area (Å²) in [4.78, 5) is 10.2. The highest BCUT2D eigenvalue weighted by Crippen LogP contribution is 2.03. The molecule has 10 heavy (non-hydrogen) atoms. The lowest BCUT2D eigenvalue weighted by Crippen LogP contribution is -2.19. The molecule has 0 aliphatic carbocycles. The van der Waals surface area contributed by atoms with Crippen LogP contribution >= 0.6 is 22.9 Å². The van der Waals surface area contributed by atoms with Crippen molar-refractivity contribution in [3.63, 3.8) is 0 Å². The van der Waals surface area contributed by atoms with Crippen molar-refractivity contribution in [1.29, 1.82) is 0 Å². The van der Waals surface area contributed by atoms with Gasteiger partial charge in [0.2, 0.25) is 0 Å². The van der Waals surface area contributed by atoms with Gasteiger partial charge in [-0.15, -0.1) is 0 Å². The van der Waals surface area contributed by atoms with Crippen LogP contribution in [0.5, 0.6) is 0 Å². The van der Waals surface area contributed by atoms with Crippen LogP contribution in [0.2, 0.25) is 0 Å². The lowest BCUT2D eigenvalue weighted by Gasteiger charge is -2.08. The topological polar surface area (TPSA) is 40.5 Å². The second-order valence-electron chi connectivity index (χ2n) is 2.08. The summed E-state index contributed by atoms with van der Waals surface area (Å²) in [6.45, 7) is 2.74. The minimum atomic E-state index is -0.850. The molecule has 4 heteroatoms. The van der Waals surface area contributed by atoms with Crippen LogP contribution in [0.15, 0.2) is 0 Å². The van der Waals surface area contributed by atoms with E-state index in [0.29, 0.717) is 6.54 Å². The molecule has 0 aromatic rings. The van der Waals surface area contributed by atoms with Crippen LogP contribution in [0.1, 0.15) is 26.2 Å². The van der Waals surface area contributed by atoms with E-state index in [4.69, 9.17) is 5.11 Å². The molecular formula is C6H12INO2. The van der Waals surface area contributed by atoms with Crippen molar-refractivity contribution in [2.24, 2.45) is 0 Å². The van der Waals surface area contributed by atoms with E-state index < -0.39 is 6.09 Å². The van der Waals surface area contributed by atoms with Gasteiger partial charge >= 0.3 is 6.09 Å². The molecule has 0 saturated carbocycles. The Bertz CT molecular complexity index is 108. The molecule has 60 valence electrons. The molecule has 0 spiro atoms. The Labute approximate surface area is 74.9 Å². The van der Waals surface area contributed by atoms with Gasteiger partial charge in [0, 0.05) is 6.54 Å². The molecule has 0 aliphatic heterocycles. The first-order valence-corrected chi connectivity index (χ1v) is 4.31. The highest BCUT2D eigenvalue weighted by atomic mass is 127. The van der Waals surface area contributed by atoms with Gasteiger partial charge in [0.05, 0.1) is 22.9 Å². The zero-order valence-electron chi connectivity index (χ0n) is 6.01. The molecule has 0 rings (SSSR count). The second kappa shape index (κ2) is 5.76. The number of amides is 1. The molecule has 0 fully saturated rings. The lowest BCUT2D eigenvalue weighted by atomic mass is 10.2. The number of carbonyl (C=O) groups is 1. The van der Waals surface area contributed by atoms with Gasteiger partial charge in [-0.1, -0.05) is 19.8 Å². The SMILES string of the molecule is CCCCCN(I)C(=O)O. The first-order chi connectivity index (χ1) is 4.68. The van der Waals surface area contributed by atoms with Crippen molar-refractivity contribution < 1.29 is 9.90 Å². The van der Waals surface area contributed by atoms with Gasteiger partial charge < -0.3 is 5.11 Å². The third kappa shape index (κ3) is 4.84. The van der Waals surface area contributed by atoms with Crippen molar-refractivity contribution in [2.45, 2.75) is 26.2 Å². The van der Waals surface area contributed by atoms with Crippen LogP contribution in [0.4, 0.5) is 4.79 Å². The van der Waals surface area contributed by atoms with E-state index in [0.717, 1.165) is 19.3 Å². The first kappa shape index (κ1) is 10.0. The van der Waals surface area contributed by atoms with E-state index in [1.807, 2.05) is 0 Å². The largest absolute Gasteiger partial charge is 0.464 e. The average Bonchev–Trinajstić information content (AvgIpc) is 1.88. The molecule has 0 atom stereocenters. The maximum absolute atomic E-state index is 10.2. The highest BCUT2D eigenvalue weighted by Gasteiger charge is 2.04. The zero-order valence-corrected chi connectivity index (χ0v) is 8.17. The summed E-state index contributed by atoms with van der Waals surface area (Å²) < 4.78 is 1.29. The van der Waals surface area contributed by atoms with Crippen molar-refractivity contribution in [3.8, 4) is 0 Å². The van der Waals surface area contributed by atoms with Crippen molar-refractivity contribution >= 4 is 29.0 Å². The van der Waals surface area contributed by atoms with Crippen molar-refractivity contribution in [3.05, 3.63) is 0 Å². The van der Waals surface area contributed by atoms with E-state index in [1.165, 1.54) is 3.11 Å². The maximum atomic E-state index is 10.2. The number of hydrogen-bond donors (Lipinski definition) is 1. The Morgan fingerprint density at radius 2 is 2.20 bits per heavy atom. The molecule has 0 radical (unpaired) electrons. The van der Waals surface area contributed by atoms with Gasteiger partial charge in [-0.3, -0.25) is 0 Å². The van der Waals surface area contributed by atoms with Crippen LogP contribution in [0, 0.1) is 0 Å². The highest BCUT2D eigenvalue weighted by molar-refractivity contribution is 14.1. The Morgan fingerprint density at radius 1 is 1.60 bits per heavy atom. The zero-order chi connectivity index (χ0) is 7.98. The standard InChI is InChI=1S/C6H12INO2/c1-2-3-4-5-8(7)6(9)10/h2-5H2,1H3,(H,9,10). The van der Waals surface area contributed by atoms with Gasteiger partial charge in [0.25, 0.3) is 0 Å². The van der Waals surface area contributed by atoms with Crippen molar-refractivity contribution in [1.82, 2.24) is 3.11 Å². The van der Waals surface area contributed by atoms with Crippen molar-refractivity contribution in [2.75, 3.05) is 6.54 Å². The second-order valence-corrected chi connectivity index (χ2v) is 3.24. The number of carboxylic acid groups (broad SMARTS) is 1. The summed E-state index contributed by atoms with van der Waals surface area (Å²) in [5.41, 5.74) is 0. The summed E-state index contributed by atoms with van der Waals surface area (Å²) >= 11 is 1.80. The fourth-order valence-electron chi connectivity index (χ4n) is 0.596. The van der Waals surface area contributed by atoms with E-state index in [9.17, 15) is 4.79 Å². The first-order valence-electron chi connectivity index (χ1n) is 3.34. The van der Waals surface area contributed by atoms with Gasteiger partial charge in [-0.05, 0) is 6.42 Å². The number of nitrogens with zero attached hydrogens (tertiary/aromatic N) is 1. The number of halogens is 1. The van der Waals surface area contributed by atoms with Crippen LogP contribution in [0.3, 0.4) is 0 Å². The van der Waals surface area contributed by atoms with E-state index >= 15 is 0 Å². The van der Waals surface area contributed by atoms with Gasteiger partial charge in [-0.2, -0.15) is 0 Å². The van der Waals surface area contributed by atoms with Crippen LogP contribution in [-0.2, 0) is 0 Å². The molecule has 0 heterocycles. The monoisotopic (exact) mass is 257 g/mol. The summed E-state index contributed by atoms with van der Waals surface area (Å²) in [5.74, 6) is 0. The smallest absolute Gasteiger partial charge is 0.416 e. The van der Waals surface area contributed by atoms with E-state index in [-0.39, 0.29) is 0 Å². The summed E-state index contributed by atoms with van der Waals surface area (Å²) in [7, 11) is 0. The Balaban J connectivity index is 3.21. The fourth-order valence-corrected chi connectivity index (χ4v) is 0.937. The van der Waals surface area contributed by atoms with E-state index in [1.54, 1.807) is 22.9 Å². The molecule has 0 bridgehead atoms. The molecular weight excluding hydrogens is 245 g/mol. The molecule has 0 aliphatic rings. The number of unbranched alkanes of at least 4 members (excludes halogenated alkanes) is 2. The maximum Gasteiger partial charge on any atom is 0.416 e. The van der Waals surface area contributed by atoms with Gasteiger partial charge in [-0.25, -0.2) is 7.91 Å². The normalized spacial score (nSPS) is 9.40. The van der Waals surface area contributed by atoms with Crippen LogP contribution < -0.4 is 0 Å². The van der Waals surface area contributed by atoms with Gasteiger partial charge in [0.15, 0.2) is 0 Å². The number of hydrogen-bond acceptors (Lipinski definition) is 1. The molecule has 0 aromatic carbocycles. The average molecular weight is 257 g/mol. The third-order valence-electron chi connectivity index (χ3n) is 1.17. The molecule has 0 unspecified atom stereocenters. The Morgan fingerprint density at radius 3 is 2.60 bits per heavy atom. The summed E-state index contributed by atoms with van der Waals surface area (Å²) in [6, 6.07) is 0. The van der Waals surface area contributed by atoms with Gasteiger partial charge in [0.1, 0.15) is 0 Å². The van der Waals surface area contributed by atoms with Crippen LogP contribution in [-0.4, -0.2) is 20.9 Å². The van der Waals surface area contributed by atoms with E-state index in [2.05, 4.69) is 6.92 Å². The minimum Gasteiger partial charge on any atom is -0.464 e. The third-order valence-corrected chi connectivity index (χ3v) is 2.06. The summed E-state index contributed by atoms with van der Waals surface area (Å²) in [6.07, 6.45) is 2.35. The predicted octanol–water partition coefficient (Wildman–Crippen LogP) is 2.51. The lowest BCUT2D eigenvalue weighted by molar-refractivity contribution is 0.179. The quantitative estimate of drug-likeness (QED) is 0.477. The molecule has 0 aromatic heterocycles. The van der Waals surface area contributed by atoms with Crippen LogP contribution in [0.25, 0.3) is 0 Å². The molecule has 1 N–H and O–H groups in total. The predicted molar refractivity (Wildman–Crippen MR) is 48.3 cm³/mol. The molecule has 1 amide bonds. The fraction of sp³-hybridized carbons (Fsp3) is 0.833.